The number of amides is 2. The molecule has 3 rings (SSSR count). The van der Waals surface area contributed by atoms with E-state index in [4.69, 9.17) is 10.4 Å². The molecule has 7 nitrogen and oxygen atoms in total. The lowest BCUT2D eigenvalue weighted by molar-refractivity contribution is -0.128. The highest BCUT2D eigenvalue weighted by Crippen LogP contribution is 2.20. The smallest absolute Gasteiger partial charge is 0.223 e. The van der Waals surface area contributed by atoms with Crippen molar-refractivity contribution in [3.05, 3.63) is 23.8 Å². The topological polar surface area (TPSA) is 102 Å². The Bertz CT molecular complexity index is 666. The van der Waals surface area contributed by atoms with E-state index < -0.39 is 5.91 Å². The van der Waals surface area contributed by atoms with Crippen molar-refractivity contribution in [3.8, 4) is 0 Å². The highest BCUT2D eigenvalue weighted by atomic mass is 16.6. The molecule has 104 valence electrons. The molecule has 1 aromatic heterocycles. The van der Waals surface area contributed by atoms with Crippen LogP contribution in [0.25, 0.3) is 11.0 Å². The van der Waals surface area contributed by atoms with Crippen molar-refractivity contribution in [1.82, 2.24) is 15.2 Å². The average Bonchev–Trinajstić information content (AvgIpc) is 3.03. The van der Waals surface area contributed by atoms with Gasteiger partial charge in [0.15, 0.2) is 0 Å². The predicted molar refractivity (Wildman–Crippen MR) is 69.4 cm³/mol. The molecule has 1 atom stereocenters. The summed E-state index contributed by atoms with van der Waals surface area (Å²) in [5.74, 6) is -0.810. The van der Waals surface area contributed by atoms with E-state index in [0.717, 1.165) is 5.56 Å². The Labute approximate surface area is 114 Å². The van der Waals surface area contributed by atoms with E-state index in [9.17, 15) is 9.59 Å². The number of nitrogens with zero attached hydrogens (tertiary/aromatic N) is 3. The monoisotopic (exact) mass is 274 g/mol. The number of benzene rings is 1. The molecule has 1 saturated heterocycles. The zero-order chi connectivity index (χ0) is 14.1. The zero-order valence-electron chi connectivity index (χ0n) is 10.8. The Morgan fingerprint density at radius 2 is 2.30 bits per heavy atom. The van der Waals surface area contributed by atoms with Crippen molar-refractivity contribution in [3.63, 3.8) is 0 Å². The van der Waals surface area contributed by atoms with Crippen molar-refractivity contribution in [2.75, 3.05) is 13.1 Å². The molecule has 1 unspecified atom stereocenters. The SMILES string of the molecule is NC(=O)C1CC(=O)N(CCc2cccc3nonc23)C1. The molecule has 1 aromatic carbocycles. The van der Waals surface area contributed by atoms with Gasteiger partial charge in [0.25, 0.3) is 0 Å². The first-order chi connectivity index (χ1) is 9.65. The second-order valence-corrected chi connectivity index (χ2v) is 4.94. The van der Waals surface area contributed by atoms with Gasteiger partial charge < -0.3 is 10.6 Å². The van der Waals surface area contributed by atoms with Gasteiger partial charge in [-0.25, -0.2) is 4.63 Å². The second-order valence-electron chi connectivity index (χ2n) is 4.94. The predicted octanol–water partition coefficient (Wildman–Crippen LogP) is 0.0991. The third-order valence-electron chi connectivity index (χ3n) is 3.64. The summed E-state index contributed by atoms with van der Waals surface area (Å²) in [6, 6.07) is 5.62. The molecule has 20 heavy (non-hydrogen) atoms. The Balaban J connectivity index is 1.69. The first-order valence-corrected chi connectivity index (χ1v) is 6.42. The summed E-state index contributed by atoms with van der Waals surface area (Å²) in [7, 11) is 0. The number of primary amides is 1. The van der Waals surface area contributed by atoms with Gasteiger partial charge in [-0.3, -0.25) is 9.59 Å². The largest absolute Gasteiger partial charge is 0.369 e. The van der Waals surface area contributed by atoms with Gasteiger partial charge in [0.05, 0.1) is 5.92 Å². The molecule has 1 fully saturated rings. The Morgan fingerprint density at radius 1 is 1.45 bits per heavy atom. The lowest BCUT2D eigenvalue weighted by Gasteiger charge is -2.15. The number of rotatable bonds is 4. The summed E-state index contributed by atoms with van der Waals surface area (Å²) in [6.45, 7) is 0.940. The van der Waals surface area contributed by atoms with Gasteiger partial charge >= 0.3 is 0 Å². The van der Waals surface area contributed by atoms with E-state index in [1.807, 2.05) is 18.2 Å². The van der Waals surface area contributed by atoms with Crippen LogP contribution in [-0.4, -0.2) is 40.1 Å². The Hall–Kier alpha value is -2.44. The number of carbonyl (C=O) groups is 2. The normalized spacial score (nSPS) is 18.9. The minimum Gasteiger partial charge on any atom is -0.369 e. The Morgan fingerprint density at radius 3 is 3.05 bits per heavy atom. The molecule has 0 saturated carbocycles. The molecule has 2 aromatic rings. The quantitative estimate of drug-likeness (QED) is 0.851. The molecule has 1 aliphatic rings. The summed E-state index contributed by atoms with van der Waals surface area (Å²) in [5, 5.41) is 7.64. The van der Waals surface area contributed by atoms with Crippen molar-refractivity contribution >= 4 is 22.8 Å². The molecule has 1 aliphatic heterocycles. The summed E-state index contributed by atoms with van der Waals surface area (Å²) >= 11 is 0. The van der Waals surface area contributed by atoms with Crippen molar-refractivity contribution < 1.29 is 14.2 Å². The first-order valence-electron chi connectivity index (χ1n) is 6.42. The summed E-state index contributed by atoms with van der Waals surface area (Å²) in [5.41, 5.74) is 7.63. The molecule has 2 heterocycles. The lowest BCUT2D eigenvalue weighted by atomic mass is 10.1. The minimum atomic E-state index is -0.413. The molecular weight excluding hydrogens is 260 g/mol. The standard InChI is InChI=1S/C13H14N4O3/c14-13(19)9-6-11(18)17(7-9)5-4-8-2-1-3-10-12(8)16-20-15-10/h1-3,9H,4-7H2,(H2,14,19). The molecular formula is C13H14N4O3. The number of aromatic nitrogens is 2. The van der Waals surface area contributed by atoms with E-state index in [-0.39, 0.29) is 18.2 Å². The van der Waals surface area contributed by atoms with Gasteiger partial charge in [0, 0.05) is 19.5 Å². The molecule has 7 heteroatoms. The van der Waals surface area contributed by atoms with Crippen LogP contribution in [0.1, 0.15) is 12.0 Å². The highest BCUT2D eigenvalue weighted by Gasteiger charge is 2.32. The van der Waals surface area contributed by atoms with Gasteiger partial charge in [-0.2, -0.15) is 0 Å². The van der Waals surface area contributed by atoms with E-state index in [0.29, 0.717) is 30.5 Å². The molecule has 0 aliphatic carbocycles. The maximum absolute atomic E-state index is 11.8. The first kappa shape index (κ1) is 12.6. The van der Waals surface area contributed by atoms with Gasteiger partial charge in [-0.1, -0.05) is 12.1 Å². The summed E-state index contributed by atoms with van der Waals surface area (Å²) in [4.78, 5) is 24.6. The third kappa shape index (κ3) is 2.22. The van der Waals surface area contributed by atoms with Gasteiger partial charge in [-0.15, -0.1) is 0 Å². The maximum atomic E-state index is 11.8. The van der Waals surface area contributed by atoms with Gasteiger partial charge in [-0.05, 0) is 28.4 Å². The molecule has 2 N–H and O–H groups in total. The number of nitrogens with two attached hydrogens (primary N) is 1. The fourth-order valence-corrected chi connectivity index (χ4v) is 2.50. The summed E-state index contributed by atoms with van der Waals surface area (Å²) < 4.78 is 4.71. The van der Waals surface area contributed by atoms with Crippen molar-refractivity contribution in [1.29, 1.82) is 0 Å². The minimum absolute atomic E-state index is 0.0285. The Kier molecular flexibility index (Phi) is 3.09. The van der Waals surface area contributed by atoms with E-state index in [1.165, 1.54) is 0 Å². The van der Waals surface area contributed by atoms with Crippen LogP contribution in [0.3, 0.4) is 0 Å². The third-order valence-corrected chi connectivity index (χ3v) is 3.64. The fraction of sp³-hybridized carbons (Fsp3) is 0.385. The van der Waals surface area contributed by atoms with Crippen LogP contribution in [0.2, 0.25) is 0 Å². The highest BCUT2D eigenvalue weighted by molar-refractivity contribution is 5.88. The number of hydrogen-bond donors (Lipinski definition) is 1. The van der Waals surface area contributed by atoms with E-state index in [2.05, 4.69) is 10.3 Å². The van der Waals surface area contributed by atoms with Crippen molar-refractivity contribution in [2.24, 2.45) is 11.7 Å². The number of fused-ring (bicyclic) bond motifs is 1. The lowest BCUT2D eigenvalue weighted by Crippen LogP contribution is -2.30. The van der Waals surface area contributed by atoms with Gasteiger partial charge in [0.2, 0.25) is 11.8 Å². The zero-order valence-corrected chi connectivity index (χ0v) is 10.8. The summed E-state index contributed by atoms with van der Waals surface area (Å²) in [6.07, 6.45) is 0.855. The van der Waals surface area contributed by atoms with Crippen LogP contribution in [0.15, 0.2) is 22.8 Å². The van der Waals surface area contributed by atoms with Crippen LogP contribution in [0, 0.1) is 5.92 Å². The molecule has 0 spiro atoms. The molecule has 0 radical (unpaired) electrons. The van der Waals surface area contributed by atoms with Crippen LogP contribution in [0.5, 0.6) is 0 Å². The van der Waals surface area contributed by atoms with Crippen LogP contribution in [-0.2, 0) is 16.0 Å². The second kappa shape index (κ2) is 4.92. The number of carbonyl (C=O) groups excluding carboxylic acids is 2. The molecule has 0 bridgehead atoms. The van der Waals surface area contributed by atoms with Crippen LogP contribution in [0.4, 0.5) is 0 Å². The van der Waals surface area contributed by atoms with E-state index >= 15 is 0 Å². The average molecular weight is 274 g/mol. The fourth-order valence-electron chi connectivity index (χ4n) is 2.50. The van der Waals surface area contributed by atoms with Crippen molar-refractivity contribution in [2.45, 2.75) is 12.8 Å². The van der Waals surface area contributed by atoms with Crippen LogP contribution < -0.4 is 5.73 Å². The van der Waals surface area contributed by atoms with E-state index in [1.54, 1.807) is 4.90 Å². The number of hydrogen-bond acceptors (Lipinski definition) is 5. The van der Waals surface area contributed by atoms with Crippen LogP contribution >= 0.6 is 0 Å². The van der Waals surface area contributed by atoms with Gasteiger partial charge in [0.1, 0.15) is 11.0 Å². The maximum Gasteiger partial charge on any atom is 0.223 e. The molecule has 2 amide bonds. The number of likely N-dealkylation sites (tertiary alicyclic amines) is 1.